The minimum absolute atomic E-state index is 0.112. The van der Waals surface area contributed by atoms with Crippen molar-refractivity contribution < 1.29 is 14.7 Å². The van der Waals surface area contributed by atoms with E-state index in [1.54, 1.807) is 24.3 Å². The van der Waals surface area contributed by atoms with Gasteiger partial charge in [0.1, 0.15) is 0 Å². The number of benzene rings is 1. The molecule has 1 aromatic carbocycles. The number of urea groups is 1. The summed E-state index contributed by atoms with van der Waals surface area (Å²) >= 11 is 5.87. The van der Waals surface area contributed by atoms with Crippen LogP contribution in [0.3, 0.4) is 0 Å². The van der Waals surface area contributed by atoms with E-state index >= 15 is 0 Å². The molecule has 0 saturated carbocycles. The lowest BCUT2D eigenvalue weighted by molar-refractivity contribution is -0.126. The summed E-state index contributed by atoms with van der Waals surface area (Å²) in [6.07, 6.45) is 0. The Kier molecular flexibility index (Phi) is 3.57. The number of carbonyl (C=O) groups is 2. The highest BCUT2D eigenvalue weighted by atomic mass is 35.5. The fraction of sp³-hybridized carbons (Fsp3) is 0.286. The Morgan fingerprint density at radius 3 is 2.67 bits per heavy atom. The van der Waals surface area contributed by atoms with Crippen molar-refractivity contribution in [2.24, 2.45) is 0 Å². The van der Waals surface area contributed by atoms with Crippen LogP contribution < -0.4 is 10.6 Å². The van der Waals surface area contributed by atoms with E-state index in [4.69, 9.17) is 16.7 Å². The molecule has 2 heterocycles. The Labute approximate surface area is 126 Å². The van der Waals surface area contributed by atoms with Crippen LogP contribution in [0.5, 0.6) is 0 Å². The van der Waals surface area contributed by atoms with Gasteiger partial charge in [0.05, 0.1) is 30.5 Å². The van der Waals surface area contributed by atoms with Gasteiger partial charge in [0.2, 0.25) is 0 Å². The number of aliphatic hydroxyl groups excluding tert-OH is 1. The normalized spacial score (nSPS) is 21.2. The smallest absolute Gasteiger partial charge is 0.319 e. The number of carbonyl (C=O) groups excluding carboxylic acids is 2. The molecule has 7 heteroatoms. The van der Waals surface area contributed by atoms with Crippen molar-refractivity contribution in [2.75, 3.05) is 19.7 Å². The molecular weight excluding hydrogens is 294 g/mol. The fourth-order valence-electron chi connectivity index (χ4n) is 2.63. The second-order valence-corrected chi connectivity index (χ2v) is 5.36. The molecule has 0 fully saturated rings. The third kappa shape index (κ3) is 2.48. The van der Waals surface area contributed by atoms with Gasteiger partial charge < -0.3 is 20.6 Å². The molecule has 0 spiro atoms. The van der Waals surface area contributed by atoms with E-state index < -0.39 is 6.04 Å². The summed E-state index contributed by atoms with van der Waals surface area (Å²) < 4.78 is 0. The summed E-state index contributed by atoms with van der Waals surface area (Å²) in [7, 11) is 0. The summed E-state index contributed by atoms with van der Waals surface area (Å²) in [5, 5.41) is 15.0. The fourth-order valence-corrected chi connectivity index (χ4v) is 2.76. The average Bonchev–Trinajstić information content (AvgIpc) is 2.76. The van der Waals surface area contributed by atoms with Crippen LogP contribution in [0.1, 0.15) is 11.6 Å². The molecule has 3 N–H and O–H groups in total. The van der Waals surface area contributed by atoms with Crippen molar-refractivity contribution in [1.82, 2.24) is 15.5 Å². The SMILES string of the molecule is O=C1NC2=C(C(=O)N(CCO)C2)[C@H](c2ccc(Cl)cc2)N1. The van der Waals surface area contributed by atoms with E-state index in [0.29, 0.717) is 22.8 Å². The highest BCUT2D eigenvalue weighted by Gasteiger charge is 2.39. The number of amides is 3. The Morgan fingerprint density at radius 1 is 1.29 bits per heavy atom. The first-order valence-electron chi connectivity index (χ1n) is 6.56. The first kappa shape index (κ1) is 13.9. The molecule has 0 unspecified atom stereocenters. The zero-order valence-electron chi connectivity index (χ0n) is 11.1. The number of aliphatic hydroxyl groups is 1. The van der Waals surface area contributed by atoms with E-state index in [1.807, 2.05) is 0 Å². The molecule has 2 aliphatic heterocycles. The van der Waals surface area contributed by atoms with Gasteiger partial charge in [-0.15, -0.1) is 0 Å². The topological polar surface area (TPSA) is 81.7 Å². The van der Waals surface area contributed by atoms with E-state index in [9.17, 15) is 9.59 Å². The molecule has 1 atom stereocenters. The molecule has 0 aliphatic carbocycles. The quantitative estimate of drug-likeness (QED) is 0.772. The molecule has 2 aliphatic rings. The van der Waals surface area contributed by atoms with Crippen LogP contribution in [0.4, 0.5) is 4.79 Å². The first-order valence-corrected chi connectivity index (χ1v) is 6.94. The number of hydrogen-bond acceptors (Lipinski definition) is 3. The summed E-state index contributed by atoms with van der Waals surface area (Å²) in [4.78, 5) is 25.7. The summed E-state index contributed by atoms with van der Waals surface area (Å²) in [5.41, 5.74) is 1.91. The molecule has 0 saturated heterocycles. The molecule has 0 aromatic heterocycles. The zero-order valence-corrected chi connectivity index (χ0v) is 11.9. The predicted molar refractivity (Wildman–Crippen MR) is 76.6 cm³/mol. The summed E-state index contributed by atoms with van der Waals surface area (Å²) in [5.74, 6) is -0.175. The lowest BCUT2D eigenvalue weighted by Crippen LogP contribution is -2.44. The average molecular weight is 308 g/mol. The Balaban J connectivity index is 1.96. The Morgan fingerprint density at radius 2 is 2.00 bits per heavy atom. The van der Waals surface area contributed by atoms with Gasteiger partial charge in [0, 0.05) is 11.6 Å². The summed E-state index contributed by atoms with van der Waals surface area (Å²) in [6, 6.07) is 6.16. The molecule has 3 amide bonds. The largest absolute Gasteiger partial charge is 0.395 e. The van der Waals surface area contributed by atoms with Crippen molar-refractivity contribution in [3.05, 3.63) is 46.1 Å². The van der Waals surface area contributed by atoms with Crippen LogP contribution in [0, 0.1) is 0 Å². The number of halogens is 1. The molecule has 1 aromatic rings. The van der Waals surface area contributed by atoms with Crippen molar-refractivity contribution >= 4 is 23.5 Å². The number of nitrogens with zero attached hydrogens (tertiary/aromatic N) is 1. The molecular formula is C14H14ClN3O3. The standard InChI is InChI=1S/C14H14ClN3O3/c15-9-3-1-8(2-4-9)12-11-10(16-14(21)17-12)7-18(5-6-19)13(11)20/h1-4,12,19H,5-7H2,(H2,16,17,21)/t12-/m0/s1. The predicted octanol–water partition coefficient (Wildman–Crippen LogP) is 0.782. The highest BCUT2D eigenvalue weighted by molar-refractivity contribution is 6.30. The highest BCUT2D eigenvalue weighted by Crippen LogP contribution is 2.32. The van der Waals surface area contributed by atoms with Crippen molar-refractivity contribution in [2.45, 2.75) is 6.04 Å². The van der Waals surface area contributed by atoms with Crippen molar-refractivity contribution in [1.29, 1.82) is 0 Å². The minimum Gasteiger partial charge on any atom is -0.395 e. The molecule has 0 bridgehead atoms. The van der Waals surface area contributed by atoms with Crippen LogP contribution in [-0.4, -0.2) is 41.6 Å². The van der Waals surface area contributed by atoms with Crippen LogP contribution in [-0.2, 0) is 4.79 Å². The van der Waals surface area contributed by atoms with Gasteiger partial charge in [-0.3, -0.25) is 4.79 Å². The first-order chi connectivity index (χ1) is 10.1. The maximum Gasteiger partial charge on any atom is 0.319 e. The second kappa shape index (κ2) is 5.38. The van der Waals surface area contributed by atoms with Crippen molar-refractivity contribution in [3.63, 3.8) is 0 Å². The van der Waals surface area contributed by atoms with Gasteiger partial charge in [-0.1, -0.05) is 23.7 Å². The zero-order chi connectivity index (χ0) is 15.0. The van der Waals surface area contributed by atoms with E-state index in [0.717, 1.165) is 5.56 Å². The van der Waals surface area contributed by atoms with Gasteiger partial charge in [0.25, 0.3) is 5.91 Å². The van der Waals surface area contributed by atoms with Gasteiger partial charge in [-0.05, 0) is 17.7 Å². The van der Waals surface area contributed by atoms with E-state index in [2.05, 4.69) is 10.6 Å². The third-order valence-corrected chi connectivity index (χ3v) is 3.85. The van der Waals surface area contributed by atoms with Crippen LogP contribution in [0.25, 0.3) is 0 Å². The lowest BCUT2D eigenvalue weighted by Gasteiger charge is -2.25. The third-order valence-electron chi connectivity index (χ3n) is 3.59. The Hall–Kier alpha value is -2.05. The van der Waals surface area contributed by atoms with Gasteiger partial charge in [-0.25, -0.2) is 4.79 Å². The van der Waals surface area contributed by atoms with Crippen molar-refractivity contribution in [3.8, 4) is 0 Å². The molecule has 6 nitrogen and oxygen atoms in total. The second-order valence-electron chi connectivity index (χ2n) is 4.93. The number of rotatable bonds is 3. The van der Waals surface area contributed by atoms with E-state index in [-0.39, 0.29) is 25.1 Å². The maximum absolute atomic E-state index is 12.4. The summed E-state index contributed by atoms with van der Waals surface area (Å²) in [6.45, 7) is 0.445. The monoisotopic (exact) mass is 307 g/mol. The molecule has 3 rings (SSSR count). The van der Waals surface area contributed by atoms with Gasteiger partial charge in [0.15, 0.2) is 0 Å². The number of hydrogen-bond donors (Lipinski definition) is 3. The molecule has 0 radical (unpaired) electrons. The molecule has 110 valence electrons. The van der Waals surface area contributed by atoms with Gasteiger partial charge >= 0.3 is 6.03 Å². The van der Waals surface area contributed by atoms with Crippen LogP contribution in [0.2, 0.25) is 5.02 Å². The minimum atomic E-state index is -0.498. The number of β-amino-alcohol motifs (C(OH)–C–C–N with tert-alkyl or cyclic N) is 1. The maximum atomic E-state index is 12.4. The van der Waals surface area contributed by atoms with Crippen LogP contribution in [0.15, 0.2) is 35.5 Å². The number of nitrogens with one attached hydrogen (secondary N) is 2. The molecule has 21 heavy (non-hydrogen) atoms. The lowest BCUT2D eigenvalue weighted by atomic mass is 9.96. The Bertz CT molecular complexity index is 627. The van der Waals surface area contributed by atoms with Gasteiger partial charge in [-0.2, -0.15) is 0 Å². The van der Waals surface area contributed by atoms with E-state index in [1.165, 1.54) is 4.90 Å². The van der Waals surface area contributed by atoms with Crippen LogP contribution >= 0.6 is 11.6 Å².